The van der Waals surface area contributed by atoms with Crippen LogP contribution >= 0.6 is 0 Å². The van der Waals surface area contributed by atoms with Gasteiger partial charge in [-0.3, -0.25) is 9.59 Å². The summed E-state index contributed by atoms with van der Waals surface area (Å²) in [5.74, 6) is -2.39. The first-order chi connectivity index (χ1) is 11.4. The minimum Gasteiger partial charge on any atom is -0.388 e. The second kappa shape index (κ2) is 5.10. The lowest BCUT2D eigenvalue weighted by Crippen LogP contribution is -2.30. The van der Waals surface area contributed by atoms with Crippen LogP contribution in [0.4, 0.5) is 0 Å². The van der Waals surface area contributed by atoms with Crippen LogP contribution in [0.25, 0.3) is 0 Å². The maximum absolute atomic E-state index is 12.8. The van der Waals surface area contributed by atoms with E-state index in [2.05, 4.69) is 0 Å². The molecule has 4 atom stereocenters. The molecule has 0 aromatic heterocycles. The molecule has 0 spiro atoms. The van der Waals surface area contributed by atoms with Crippen LogP contribution in [0.1, 0.15) is 55.2 Å². The number of carbonyl (C=O) groups excluding carboxylic acids is 2. The summed E-state index contributed by atoms with van der Waals surface area (Å²) in [6, 6.07) is 10.6. The highest BCUT2D eigenvalue weighted by Gasteiger charge is 2.52. The van der Waals surface area contributed by atoms with Gasteiger partial charge in [-0.1, -0.05) is 41.5 Å². The molecule has 0 saturated heterocycles. The number of ketones is 2. The van der Waals surface area contributed by atoms with Crippen molar-refractivity contribution >= 4 is 11.6 Å². The lowest BCUT2D eigenvalue weighted by molar-refractivity contribution is 0.0233. The quantitative estimate of drug-likeness (QED) is 0.846. The van der Waals surface area contributed by atoms with Gasteiger partial charge in [0, 0.05) is 11.1 Å². The SMILES string of the molecule is Cc1ccc2c(c1)C(=O)C(C1C(=O)c3ccc(C)cc3C1O)C2O. The largest absolute Gasteiger partial charge is 0.388 e. The summed E-state index contributed by atoms with van der Waals surface area (Å²) < 4.78 is 0. The lowest BCUT2D eigenvalue weighted by Gasteiger charge is -2.23. The number of hydrogen-bond donors (Lipinski definition) is 2. The molecule has 4 unspecified atom stereocenters. The van der Waals surface area contributed by atoms with Crippen LogP contribution in [0, 0.1) is 25.7 Å². The first-order valence-electron chi connectivity index (χ1n) is 8.06. The zero-order valence-corrected chi connectivity index (χ0v) is 13.5. The van der Waals surface area contributed by atoms with Gasteiger partial charge in [0.05, 0.1) is 24.0 Å². The van der Waals surface area contributed by atoms with E-state index in [4.69, 9.17) is 0 Å². The average molecular weight is 322 g/mol. The topological polar surface area (TPSA) is 74.6 Å². The number of benzene rings is 2. The third-order valence-electron chi connectivity index (χ3n) is 5.26. The Balaban J connectivity index is 1.78. The lowest BCUT2D eigenvalue weighted by atomic mass is 9.83. The van der Waals surface area contributed by atoms with Crippen molar-refractivity contribution < 1.29 is 19.8 Å². The fourth-order valence-corrected chi connectivity index (χ4v) is 4.04. The van der Waals surface area contributed by atoms with Gasteiger partial charge >= 0.3 is 0 Å². The zero-order chi connectivity index (χ0) is 17.2. The van der Waals surface area contributed by atoms with Crippen LogP contribution < -0.4 is 0 Å². The average Bonchev–Trinajstić information content (AvgIpc) is 2.92. The van der Waals surface area contributed by atoms with Crippen molar-refractivity contribution in [2.75, 3.05) is 0 Å². The van der Waals surface area contributed by atoms with E-state index in [1.165, 1.54) is 0 Å². The molecule has 0 amide bonds. The molecule has 4 heteroatoms. The molecule has 0 fully saturated rings. The fraction of sp³-hybridized carbons (Fsp3) is 0.300. The van der Waals surface area contributed by atoms with Crippen molar-refractivity contribution in [3.05, 3.63) is 69.8 Å². The van der Waals surface area contributed by atoms with Gasteiger partial charge in [-0.05, 0) is 31.0 Å². The van der Waals surface area contributed by atoms with E-state index in [1.807, 2.05) is 26.0 Å². The molecule has 2 N–H and O–H groups in total. The van der Waals surface area contributed by atoms with E-state index >= 15 is 0 Å². The third kappa shape index (κ3) is 1.93. The standard InChI is InChI=1S/C20H18O4/c1-9-3-5-11-13(7-9)19(23)15(17(11)21)16-18(22)12-6-4-10(2)8-14(12)20(16)24/h3-8,15-17,20-21,24H,1-2H3. The molecular formula is C20H18O4. The molecule has 2 aliphatic carbocycles. The van der Waals surface area contributed by atoms with Crippen molar-refractivity contribution in [3.8, 4) is 0 Å². The van der Waals surface area contributed by atoms with E-state index in [1.54, 1.807) is 24.3 Å². The van der Waals surface area contributed by atoms with Crippen molar-refractivity contribution in [2.45, 2.75) is 26.1 Å². The van der Waals surface area contributed by atoms with Crippen molar-refractivity contribution in [3.63, 3.8) is 0 Å². The van der Waals surface area contributed by atoms with Crippen LogP contribution in [0.3, 0.4) is 0 Å². The Morgan fingerprint density at radius 3 is 1.96 bits per heavy atom. The van der Waals surface area contributed by atoms with E-state index in [-0.39, 0.29) is 11.6 Å². The van der Waals surface area contributed by atoms with Gasteiger partial charge in [0.25, 0.3) is 0 Å². The highest BCUT2D eigenvalue weighted by molar-refractivity contribution is 6.10. The first kappa shape index (κ1) is 15.2. The van der Waals surface area contributed by atoms with Gasteiger partial charge in [-0.25, -0.2) is 0 Å². The predicted octanol–water partition coefficient (Wildman–Crippen LogP) is 2.70. The smallest absolute Gasteiger partial charge is 0.170 e. The highest BCUT2D eigenvalue weighted by Crippen LogP contribution is 2.49. The molecule has 0 aliphatic heterocycles. The van der Waals surface area contributed by atoms with Gasteiger partial charge < -0.3 is 10.2 Å². The monoisotopic (exact) mass is 322 g/mol. The van der Waals surface area contributed by atoms with Crippen LogP contribution in [-0.4, -0.2) is 21.8 Å². The van der Waals surface area contributed by atoms with E-state index in [9.17, 15) is 19.8 Å². The Morgan fingerprint density at radius 1 is 0.708 bits per heavy atom. The number of Topliss-reactive ketones (excluding diaryl/α,β-unsaturated/α-hetero) is 2. The minimum absolute atomic E-state index is 0.261. The predicted molar refractivity (Wildman–Crippen MR) is 87.9 cm³/mol. The molecule has 0 bridgehead atoms. The number of carbonyl (C=O) groups is 2. The number of fused-ring (bicyclic) bond motifs is 2. The maximum atomic E-state index is 12.8. The number of aliphatic hydroxyl groups excluding tert-OH is 2. The van der Waals surface area contributed by atoms with Gasteiger partial charge in [0.1, 0.15) is 0 Å². The number of hydrogen-bond acceptors (Lipinski definition) is 4. The summed E-state index contributed by atoms with van der Waals surface area (Å²) in [5.41, 5.74) is 3.87. The van der Waals surface area contributed by atoms with Gasteiger partial charge in [0.2, 0.25) is 0 Å². The number of aliphatic hydroxyl groups is 2. The van der Waals surface area contributed by atoms with Gasteiger partial charge in [0.15, 0.2) is 11.6 Å². The normalized spacial score (nSPS) is 28.2. The minimum atomic E-state index is -1.06. The molecule has 2 aliphatic rings. The van der Waals surface area contributed by atoms with Crippen molar-refractivity contribution in [1.29, 1.82) is 0 Å². The summed E-state index contributed by atoms with van der Waals surface area (Å²) in [4.78, 5) is 25.6. The van der Waals surface area contributed by atoms with Crippen LogP contribution in [0.5, 0.6) is 0 Å². The Kier molecular flexibility index (Phi) is 3.24. The van der Waals surface area contributed by atoms with Gasteiger partial charge in [-0.2, -0.15) is 0 Å². The number of aryl methyl sites for hydroxylation is 2. The van der Waals surface area contributed by atoms with Crippen LogP contribution in [0.15, 0.2) is 36.4 Å². The summed E-state index contributed by atoms with van der Waals surface area (Å²) in [6.07, 6.45) is -2.13. The fourth-order valence-electron chi connectivity index (χ4n) is 4.04. The van der Waals surface area contributed by atoms with Gasteiger partial charge in [-0.15, -0.1) is 0 Å². The highest BCUT2D eigenvalue weighted by atomic mass is 16.3. The summed E-state index contributed by atoms with van der Waals surface area (Å²) in [5, 5.41) is 21.3. The molecule has 24 heavy (non-hydrogen) atoms. The summed E-state index contributed by atoms with van der Waals surface area (Å²) >= 11 is 0. The molecule has 4 rings (SSSR count). The molecule has 2 aromatic rings. The molecule has 0 radical (unpaired) electrons. The van der Waals surface area contributed by atoms with E-state index in [0.717, 1.165) is 11.1 Å². The second-order valence-corrected chi connectivity index (χ2v) is 6.85. The molecule has 122 valence electrons. The van der Waals surface area contributed by atoms with Crippen molar-refractivity contribution in [2.24, 2.45) is 11.8 Å². The second-order valence-electron chi connectivity index (χ2n) is 6.85. The zero-order valence-electron chi connectivity index (χ0n) is 13.5. The molecule has 0 heterocycles. The first-order valence-corrected chi connectivity index (χ1v) is 8.06. The van der Waals surface area contributed by atoms with Crippen molar-refractivity contribution in [1.82, 2.24) is 0 Å². The Hall–Kier alpha value is -2.30. The Bertz CT molecular complexity index is 883. The Labute approximate surface area is 139 Å². The third-order valence-corrected chi connectivity index (χ3v) is 5.26. The van der Waals surface area contributed by atoms with Crippen LogP contribution in [0.2, 0.25) is 0 Å². The maximum Gasteiger partial charge on any atom is 0.170 e. The number of rotatable bonds is 1. The molecule has 0 saturated carbocycles. The Morgan fingerprint density at radius 2 is 1.25 bits per heavy atom. The van der Waals surface area contributed by atoms with E-state index in [0.29, 0.717) is 22.3 Å². The van der Waals surface area contributed by atoms with E-state index < -0.39 is 24.0 Å². The molecule has 2 aromatic carbocycles. The molecular weight excluding hydrogens is 304 g/mol. The summed E-state index contributed by atoms with van der Waals surface area (Å²) in [6.45, 7) is 3.76. The van der Waals surface area contributed by atoms with Crippen LogP contribution in [-0.2, 0) is 0 Å². The molecule has 4 nitrogen and oxygen atoms in total. The summed E-state index contributed by atoms with van der Waals surface area (Å²) in [7, 11) is 0.